The number of nitrogens with zero attached hydrogens (tertiary/aromatic N) is 3. The molecule has 0 spiro atoms. The molecule has 0 aliphatic carbocycles. The first-order valence-corrected chi connectivity index (χ1v) is 9.29. The van der Waals surface area contributed by atoms with Gasteiger partial charge in [0.15, 0.2) is 11.5 Å². The molecule has 4 rings (SSSR count). The number of amides is 1. The standard InChI is InChI=1S/C19H18N4O3S/c1-23(10-14-5-6-16-17(8-14)26-12-25-16)9-13-3-2-4-15(7-13)18(24)21-19-22-20-11-27-19/h2-8,11H,9-10,12H2,1H3,(H,21,22,24). The normalized spacial score (nSPS) is 12.4. The number of aromatic nitrogens is 2. The Hall–Kier alpha value is -2.97. The Kier molecular flexibility index (Phi) is 4.99. The van der Waals surface area contributed by atoms with Crippen molar-refractivity contribution in [1.82, 2.24) is 15.1 Å². The Labute approximate surface area is 160 Å². The molecule has 27 heavy (non-hydrogen) atoms. The van der Waals surface area contributed by atoms with Gasteiger partial charge in [-0.25, -0.2) is 0 Å². The van der Waals surface area contributed by atoms with Crippen LogP contribution in [-0.2, 0) is 13.1 Å². The van der Waals surface area contributed by atoms with Crippen molar-refractivity contribution in [2.45, 2.75) is 13.1 Å². The Bertz CT molecular complexity index is 946. The van der Waals surface area contributed by atoms with Gasteiger partial charge in [-0.1, -0.05) is 29.5 Å². The molecular weight excluding hydrogens is 364 g/mol. The Balaban J connectivity index is 1.39. The van der Waals surface area contributed by atoms with Crippen molar-refractivity contribution in [2.75, 3.05) is 19.2 Å². The molecule has 8 heteroatoms. The van der Waals surface area contributed by atoms with Gasteiger partial charge in [-0.2, -0.15) is 0 Å². The fourth-order valence-corrected chi connectivity index (χ4v) is 3.37. The third-order valence-electron chi connectivity index (χ3n) is 4.11. The molecular formula is C19H18N4O3S. The number of anilines is 1. The maximum Gasteiger partial charge on any atom is 0.257 e. The summed E-state index contributed by atoms with van der Waals surface area (Å²) in [5, 5.41) is 10.8. The van der Waals surface area contributed by atoms with Crippen molar-refractivity contribution in [3.8, 4) is 11.5 Å². The zero-order valence-electron chi connectivity index (χ0n) is 14.7. The lowest BCUT2D eigenvalue weighted by Crippen LogP contribution is -2.18. The first-order valence-electron chi connectivity index (χ1n) is 8.41. The molecule has 1 N–H and O–H groups in total. The van der Waals surface area contributed by atoms with E-state index < -0.39 is 0 Å². The van der Waals surface area contributed by atoms with Gasteiger partial charge in [0.2, 0.25) is 11.9 Å². The highest BCUT2D eigenvalue weighted by Crippen LogP contribution is 2.32. The molecule has 0 fully saturated rings. The van der Waals surface area contributed by atoms with Crippen molar-refractivity contribution in [3.63, 3.8) is 0 Å². The summed E-state index contributed by atoms with van der Waals surface area (Å²) in [6, 6.07) is 13.6. The summed E-state index contributed by atoms with van der Waals surface area (Å²) in [6.07, 6.45) is 0. The molecule has 0 saturated carbocycles. The van der Waals surface area contributed by atoms with E-state index in [1.54, 1.807) is 11.6 Å². The fourth-order valence-electron chi connectivity index (χ4n) is 2.93. The maximum atomic E-state index is 12.3. The third kappa shape index (κ3) is 4.24. The van der Waals surface area contributed by atoms with Crippen LogP contribution in [0, 0.1) is 0 Å². The van der Waals surface area contributed by atoms with Gasteiger partial charge in [-0.3, -0.25) is 15.0 Å². The van der Waals surface area contributed by atoms with Crippen LogP contribution in [0.15, 0.2) is 48.0 Å². The summed E-state index contributed by atoms with van der Waals surface area (Å²) in [5.41, 5.74) is 4.38. The number of carbonyl (C=O) groups excluding carboxylic acids is 1. The van der Waals surface area contributed by atoms with Gasteiger partial charge in [0.25, 0.3) is 5.91 Å². The highest BCUT2D eigenvalue weighted by Gasteiger charge is 2.14. The molecule has 0 atom stereocenters. The SMILES string of the molecule is CN(Cc1cccc(C(=O)Nc2nncs2)c1)Cc1ccc2c(c1)OCO2. The molecule has 2 aromatic carbocycles. The zero-order valence-corrected chi connectivity index (χ0v) is 15.5. The van der Waals surface area contributed by atoms with Crippen LogP contribution < -0.4 is 14.8 Å². The number of rotatable bonds is 6. The lowest BCUT2D eigenvalue weighted by atomic mass is 10.1. The summed E-state index contributed by atoms with van der Waals surface area (Å²) in [7, 11) is 2.04. The summed E-state index contributed by atoms with van der Waals surface area (Å²) >= 11 is 1.29. The quantitative estimate of drug-likeness (QED) is 0.706. The van der Waals surface area contributed by atoms with E-state index in [9.17, 15) is 4.79 Å². The molecule has 3 aromatic rings. The van der Waals surface area contributed by atoms with Crippen LogP contribution >= 0.6 is 11.3 Å². The lowest BCUT2D eigenvalue weighted by molar-refractivity contribution is 0.102. The second kappa shape index (κ2) is 7.73. The summed E-state index contributed by atoms with van der Waals surface area (Å²) in [4.78, 5) is 14.5. The molecule has 0 radical (unpaired) electrons. The number of fused-ring (bicyclic) bond motifs is 1. The average Bonchev–Trinajstić information content (AvgIpc) is 3.33. The van der Waals surface area contributed by atoms with Gasteiger partial charge in [-0.05, 0) is 42.4 Å². The summed E-state index contributed by atoms with van der Waals surface area (Å²) in [5.74, 6) is 1.39. The second-order valence-corrected chi connectivity index (χ2v) is 7.09. The van der Waals surface area contributed by atoms with E-state index in [1.807, 2.05) is 43.4 Å². The van der Waals surface area contributed by atoms with Crippen LogP contribution in [0.4, 0.5) is 5.13 Å². The molecule has 138 valence electrons. The number of benzene rings is 2. The minimum Gasteiger partial charge on any atom is -0.454 e. The number of hydrogen-bond acceptors (Lipinski definition) is 7. The smallest absolute Gasteiger partial charge is 0.257 e. The van der Waals surface area contributed by atoms with Crippen LogP contribution in [0.1, 0.15) is 21.5 Å². The van der Waals surface area contributed by atoms with E-state index in [2.05, 4.69) is 20.4 Å². The second-order valence-electron chi connectivity index (χ2n) is 6.26. The highest BCUT2D eigenvalue weighted by molar-refractivity contribution is 7.13. The predicted molar refractivity (Wildman–Crippen MR) is 102 cm³/mol. The van der Waals surface area contributed by atoms with Crippen LogP contribution in [0.5, 0.6) is 11.5 Å². The first-order chi connectivity index (χ1) is 13.2. The van der Waals surface area contributed by atoms with Gasteiger partial charge in [0.05, 0.1) is 0 Å². The van der Waals surface area contributed by atoms with Gasteiger partial charge >= 0.3 is 0 Å². The van der Waals surface area contributed by atoms with Gasteiger partial charge in [0.1, 0.15) is 5.51 Å². The minimum absolute atomic E-state index is 0.188. The Morgan fingerprint density at radius 3 is 2.78 bits per heavy atom. The molecule has 1 amide bonds. The van der Waals surface area contributed by atoms with Crippen molar-refractivity contribution in [1.29, 1.82) is 0 Å². The maximum absolute atomic E-state index is 12.3. The monoisotopic (exact) mass is 382 g/mol. The molecule has 0 unspecified atom stereocenters. The van der Waals surface area contributed by atoms with Crippen LogP contribution in [0.2, 0.25) is 0 Å². The zero-order chi connectivity index (χ0) is 18.6. The van der Waals surface area contributed by atoms with E-state index >= 15 is 0 Å². The fraction of sp³-hybridized carbons (Fsp3) is 0.211. The molecule has 1 aliphatic heterocycles. The topological polar surface area (TPSA) is 76.6 Å². The van der Waals surface area contributed by atoms with E-state index in [1.165, 1.54) is 11.3 Å². The average molecular weight is 382 g/mol. The Morgan fingerprint density at radius 2 is 1.96 bits per heavy atom. The van der Waals surface area contributed by atoms with Gasteiger partial charge in [0, 0.05) is 18.7 Å². The van der Waals surface area contributed by atoms with E-state index in [4.69, 9.17) is 9.47 Å². The number of hydrogen-bond donors (Lipinski definition) is 1. The third-order valence-corrected chi connectivity index (χ3v) is 4.72. The first kappa shape index (κ1) is 17.4. The molecule has 7 nitrogen and oxygen atoms in total. The van der Waals surface area contributed by atoms with Crippen molar-refractivity contribution >= 4 is 22.4 Å². The van der Waals surface area contributed by atoms with Crippen molar-refractivity contribution in [2.24, 2.45) is 0 Å². The van der Waals surface area contributed by atoms with Crippen LogP contribution in [0.25, 0.3) is 0 Å². The molecule has 0 saturated heterocycles. The highest BCUT2D eigenvalue weighted by atomic mass is 32.1. The minimum atomic E-state index is -0.188. The summed E-state index contributed by atoms with van der Waals surface area (Å²) in [6.45, 7) is 1.76. The van der Waals surface area contributed by atoms with E-state index in [0.29, 0.717) is 17.2 Å². The van der Waals surface area contributed by atoms with E-state index in [0.717, 1.165) is 29.2 Å². The van der Waals surface area contributed by atoms with Crippen LogP contribution in [0.3, 0.4) is 0 Å². The predicted octanol–water partition coefficient (Wildman–Crippen LogP) is 3.15. The van der Waals surface area contributed by atoms with Gasteiger partial charge < -0.3 is 9.47 Å². The molecule has 2 heterocycles. The lowest BCUT2D eigenvalue weighted by Gasteiger charge is -2.17. The van der Waals surface area contributed by atoms with E-state index in [-0.39, 0.29) is 12.7 Å². The largest absolute Gasteiger partial charge is 0.454 e. The molecule has 0 bridgehead atoms. The Morgan fingerprint density at radius 1 is 1.15 bits per heavy atom. The van der Waals surface area contributed by atoms with Gasteiger partial charge in [-0.15, -0.1) is 10.2 Å². The van der Waals surface area contributed by atoms with Crippen molar-refractivity contribution < 1.29 is 14.3 Å². The summed E-state index contributed by atoms with van der Waals surface area (Å²) < 4.78 is 10.8. The number of ether oxygens (including phenoxy) is 2. The molecule has 1 aliphatic rings. The number of nitrogens with one attached hydrogen (secondary N) is 1. The molecule has 1 aromatic heterocycles. The number of carbonyl (C=O) groups is 1. The van der Waals surface area contributed by atoms with Crippen molar-refractivity contribution in [3.05, 3.63) is 64.7 Å². The van der Waals surface area contributed by atoms with Crippen LogP contribution in [-0.4, -0.2) is 34.8 Å².